The third-order valence-corrected chi connectivity index (χ3v) is 6.49. The molecular weight excluding hydrogens is 382 g/mol. The fourth-order valence-corrected chi connectivity index (χ4v) is 4.53. The number of nitrogens with one attached hydrogen (secondary N) is 1. The molecule has 1 saturated carbocycles. The molecule has 1 N–H and O–H groups in total. The second-order valence-corrected chi connectivity index (χ2v) is 8.85. The first-order valence-corrected chi connectivity index (χ1v) is 10.5. The Bertz CT molecular complexity index is 1090. The van der Waals surface area contributed by atoms with Crippen molar-refractivity contribution in [1.82, 2.24) is 0 Å². The minimum absolute atomic E-state index is 0.0675. The number of carbonyl (C=O) groups is 1. The molecule has 9 heteroatoms. The number of benzene rings is 2. The Morgan fingerprint density at radius 3 is 2.64 bits per heavy atom. The Morgan fingerprint density at radius 2 is 1.96 bits per heavy atom. The van der Waals surface area contributed by atoms with E-state index in [4.69, 9.17) is 0 Å². The highest BCUT2D eigenvalue weighted by Gasteiger charge is 2.36. The van der Waals surface area contributed by atoms with Crippen LogP contribution in [0.15, 0.2) is 41.3 Å². The Labute approximate surface area is 162 Å². The zero-order valence-electron chi connectivity index (χ0n) is 15.2. The van der Waals surface area contributed by atoms with Crippen molar-refractivity contribution in [3.8, 4) is 0 Å². The molecule has 0 unspecified atom stereocenters. The lowest BCUT2D eigenvalue weighted by molar-refractivity contribution is -0.384. The number of rotatable bonds is 5. The van der Waals surface area contributed by atoms with Crippen LogP contribution in [0, 0.1) is 23.0 Å². The van der Waals surface area contributed by atoms with Crippen molar-refractivity contribution in [2.24, 2.45) is 5.92 Å². The Hall–Kier alpha value is -2.94. The molecule has 0 atom stereocenters. The summed E-state index contributed by atoms with van der Waals surface area (Å²) >= 11 is 0. The van der Waals surface area contributed by atoms with E-state index in [0.717, 1.165) is 24.1 Å². The molecule has 8 nitrogen and oxygen atoms in total. The number of fused-ring (bicyclic) bond motifs is 1. The van der Waals surface area contributed by atoms with Crippen LogP contribution in [0.25, 0.3) is 0 Å². The van der Waals surface area contributed by atoms with E-state index in [9.17, 15) is 23.3 Å². The summed E-state index contributed by atoms with van der Waals surface area (Å²) in [6.07, 6.45) is 2.44. The fraction of sp³-hybridized carbons (Fsp3) is 0.316. The molecule has 1 aliphatic carbocycles. The van der Waals surface area contributed by atoms with E-state index < -0.39 is 14.9 Å². The molecule has 2 aromatic carbocycles. The number of anilines is 2. The fourth-order valence-electron chi connectivity index (χ4n) is 3.36. The Kier molecular flexibility index (Phi) is 4.34. The summed E-state index contributed by atoms with van der Waals surface area (Å²) in [4.78, 5) is 24.6. The largest absolute Gasteiger partial charge is 0.312 e. The van der Waals surface area contributed by atoms with E-state index in [-0.39, 0.29) is 28.1 Å². The van der Waals surface area contributed by atoms with E-state index >= 15 is 0 Å². The standard InChI is InChI=1S/C19H19N3O5S/c1-12-2-5-15(22(24)25)11-17(12)20-28(26,27)16-6-7-18-14(10-16)8-9-21(18)19(23)13-3-4-13/h2,5-7,10-11,13,20H,3-4,8-9H2,1H3. The number of aryl methyl sites for hydroxylation is 1. The monoisotopic (exact) mass is 401 g/mol. The predicted octanol–water partition coefficient (Wildman–Crippen LogP) is 3.00. The van der Waals surface area contributed by atoms with Crippen molar-refractivity contribution in [1.29, 1.82) is 0 Å². The van der Waals surface area contributed by atoms with Gasteiger partial charge in [0.1, 0.15) is 0 Å². The molecule has 4 rings (SSSR count). The third kappa shape index (κ3) is 3.33. The number of nitro benzene ring substituents is 1. The van der Waals surface area contributed by atoms with Gasteiger partial charge in [0.15, 0.2) is 0 Å². The highest BCUT2D eigenvalue weighted by Crippen LogP contribution is 2.37. The Balaban J connectivity index is 1.62. The molecule has 0 bridgehead atoms. The van der Waals surface area contributed by atoms with Gasteiger partial charge in [-0.1, -0.05) is 6.07 Å². The van der Waals surface area contributed by atoms with Gasteiger partial charge in [0, 0.05) is 30.3 Å². The van der Waals surface area contributed by atoms with Crippen molar-refractivity contribution in [2.75, 3.05) is 16.2 Å². The number of hydrogen-bond donors (Lipinski definition) is 1. The molecular formula is C19H19N3O5S. The summed E-state index contributed by atoms with van der Waals surface area (Å²) in [5.41, 5.74) is 2.14. The molecule has 0 radical (unpaired) electrons. The number of nitro groups is 1. The summed E-state index contributed by atoms with van der Waals surface area (Å²) in [6, 6.07) is 8.73. The quantitative estimate of drug-likeness (QED) is 0.612. The predicted molar refractivity (Wildman–Crippen MR) is 104 cm³/mol. The Morgan fingerprint density at radius 1 is 1.21 bits per heavy atom. The van der Waals surface area contributed by atoms with Crippen molar-refractivity contribution in [3.05, 3.63) is 57.6 Å². The highest BCUT2D eigenvalue weighted by molar-refractivity contribution is 7.92. The van der Waals surface area contributed by atoms with Gasteiger partial charge in [-0.25, -0.2) is 8.42 Å². The first kappa shape index (κ1) is 18.4. The van der Waals surface area contributed by atoms with E-state index in [1.165, 1.54) is 24.3 Å². The maximum absolute atomic E-state index is 12.8. The summed E-state index contributed by atoms with van der Waals surface area (Å²) in [6.45, 7) is 2.23. The van der Waals surface area contributed by atoms with Crippen molar-refractivity contribution in [2.45, 2.75) is 31.1 Å². The van der Waals surface area contributed by atoms with Gasteiger partial charge in [-0.05, 0) is 55.5 Å². The van der Waals surface area contributed by atoms with E-state index in [0.29, 0.717) is 18.5 Å². The molecule has 1 aliphatic heterocycles. The van der Waals surface area contributed by atoms with Crippen LogP contribution < -0.4 is 9.62 Å². The number of carbonyl (C=O) groups excluding carboxylic acids is 1. The van der Waals surface area contributed by atoms with Crippen LogP contribution in [0.1, 0.15) is 24.0 Å². The number of amides is 1. The van der Waals surface area contributed by atoms with Crippen molar-refractivity contribution >= 4 is 33.0 Å². The van der Waals surface area contributed by atoms with Crippen molar-refractivity contribution in [3.63, 3.8) is 0 Å². The average molecular weight is 401 g/mol. The smallest absolute Gasteiger partial charge is 0.271 e. The van der Waals surface area contributed by atoms with E-state index in [1.54, 1.807) is 24.0 Å². The van der Waals surface area contributed by atoms with Crippen LogP contribution in [-0.4, -0.2) is 25.8 Å². The molecule has 2 aliphatic rings. The van der Waals surface area contributed by atoms with Crippen LogP contribution in [-0.2, 0) is 21.2 Å². The van der Waals surface area contributed by atoms with E-state index in [2.05, 4.69) is 4.72 Å². The topological polar surface area (TPSA) is 110 Å². The molecule has 28 heavy (non-hydrogen) atoms. The SMILES string of the molecule is Cc1ccc([N+](=O)[O-])cc1NS(=O)(=O)c1ccc2c(c1)CCN2C(=O)C1CC1. The lowest BCUT2D eigenvalue weighted by Crippen LogP contribution is -2.30. The molecule has 1 fully saturated rings. The van der Waals surface area contributed by atoms with E-state index in [1.807, 2.05) is 0 Å². The highest BCUT2D eigenvalue weighted by atomic mass is 32.2. The maximum atomic E-state index is 12.8. The molecule has 1 amide bonds. The molecule has 146 valence electrons. The normalized spacial score (nSPS) is 16.0. The maximum Gasteiger partial charge on any atom is 0.271 e. The second-order valence-electron chi connectivity index (χ2n) is 7.17. The summed E-state index contributed by atoms with van der Waals surface area (Å²) in [5, 5.41) is 11.0. The molecule has 0 saturated heterocycles. The second kappa shape index (κ2) is 6.59. The number of sulfonamides is 1. The molecule has 1 heterocycles. The first-order valence-electron chi connectivity index (χ1n) is 8.98. The minimum Gasteiger partial charge on any atom is -0.312 e. The lowest BCUT2D eigenvalue weighted by atomic mass is 10.2. The van der Waals surface area contributed by atoms with Crippen LogP contribution in [0.3, 0.4) is 0 Å². The minimum atomic E-state index is -3.92. The zero-order chi connectivity index (χ0) is 20.1. The number of nitrogens with zero attached hydrogens (tertiary/aromatic N) is 2. The van der Waals surface area contributed by atoms with Gasteiger partial charge in [-0.2, -0.15) is 0 Å². The van der Waals surface area contributed by atoms with Crippen LogP contribution in [0.2, 0.25) is 0 Å². The van der Waals surface area contributed by atoms with Gasteiger partial charge in [0.2, 0.25) is 5.91 Å². The number of non-ortho nitro benzene ring substituents is 1. The van der Waals surface area contributed by atoms with Gasteiger partial charge in [0.05, 0.1) is 15.5 Å². The van der Waals surface area contributed by atoms with Gasteiger partial charge in [-0.3, -0.25) is 19.6 Å². The lowest BCUT2D eigenvalue weighted by Gasteiger charge is -2.17. The summed E-state index contributed by atoms with van der Waals surface area (Å²) in [7, 11) is -3.92. The third-order valence-electron chi connectivity index (χ3n) is 5.13. The van der Waals surface area contributed by atoms with Crippen LogP contribution in [0.5, 0.6) is 0 Å². The molecule has 2 aromatic rings. The summed E-state index contributed by atoms with van der Waals surface area (Å²) < 4.78 is 28.1. The van der Waals surface area contributed by atoms with Crippen LogP contribution in [0.4, 0.5) is 17.1 Å². The van der Waals surface area contributed by atoms with Crippen LogP contribution >= 0.6 is 0 Å². The van der Waals surface area contributed by atoms with Gasteiger partial charge < -0.3 is 4.90 Å². The summed E-state index contributed by atoms with van der Waals surface area (Å²) in [5.74, 6) is 0.215. The molecule has 0 spiro atoms. The number of hydrogen-bond acceptors (Lipinski definition) is 5. The van der Waals surface area contributed by atoms with Gasteiger partial charge in [0.25, 0.3) is 15.7 Å². The van der Waals surface area contributed by atoms with Gasteiger partial charge in [-0.15, -0.1) is 0 Å². The van der Waals surface area contributed by atoms with Crippen molar-refractivity contribution < 1.29 is 18.1 Å². The average Bonchev–Trinajstić information content (AvgIpc) is 3.41. The van der Waals surface area contributed by atoms with Gasteiger partial charge >= 0.3 is 0 Å². The first-order chi connectivity index (χ1) is 13.3. The zero-order valence-corrected chi connectivity index (χ0v) is 16.0. The molecule has 0 aromatic heterocycles.